The number of aromatic nitrogens is 4. The second-order valence-electron chi connectivity index (χ2n) is 13.7. The Hall–Kier alpha value is -5.11. The van der Waals surface area contributed by atoms with Crippen LogP contribution in [0.25, 0.3) is 22.3 Å². The van der Waals surface area contributed by atoms with E-state index in [0.29, 0.717) is 76.5 Å². The van der Waals surface area contributed by atoms with Crippen LogP contribution in [-0.4, -0.2) is 62.1 Å². The first kappa shape index (κ1) is 55.9. The van der Waals surface area contributed by atoms with Crippen LogP contribution >= 0.6 is 45.9 Å². The number of halogens is 4. The van der Waals surface area contributed by atoms with Gasteiger partial charge in [-0.05, 0) is 91.1 Å². The molecule has 13 nitrogen and oxygen atoms in total. The lowest BCUT2D eigenvalue weighted by Gasteiger charge is -2.13. The van der Waals surface area contributed by atoms with Gasteiger partial charge in [-0.15, -0.1) is 25.2 Å². The van der Waals surface area contributed by atoms with Gasteiger partial charge in [0.05, 0.1) is 25.3 Å². The minimum atomic E-state index is -1.56. The van der Waals surface area contributed by atoms with E-state index in [-0.39, 0.29) is 39.6 Å². The van der Waals surface area contributed by atoms with Crippen LogP contribution in [0, 0.1) is 16.5 Å². The van der Waals surface area contributed by atoms with Gasteiger partial charge in [0.2, 0.25) is 18.5 Å². The van der Waals surface area contributed by atoms with Crippen molar-refractivity contribution < 1.29 is 27.8 Å². The zero-order valence-corrected chi connectivity index (χ0v) is 37.6. The van der Waals surface area contributed by atoms with Crippen LogP contribution < -0.4 is 26.3 Å². The molecular weight excluding hydrogens is 910 g/mol. The normalized spacial score (nSPS) is 11.3. The molecule has 7 rings (SSSR count). The third kappa shape index (κ3) is 17.5. The number of anilines is 2. The fourth-order valence-electron chi connectivity index (χ4n) is 5.30. The molecule has 3 heterocycles. The number of nitrogens with two attached hydrogens (primary N) is 2. The maximum atomic E-state index is 15.2. The van der Waals surface area contributed by atoms with Crippen LogP contribution in [0.5, 0.6) is 11.5 Å². The predicted octanol–water partition coefficient (Wildman–Crippen LogP) is 12.6. The summed E-state index contributed by atoms with van der Waals surface area (Å²) in [7, 11) is 1.43. The van der Waals surface area contributed by atoms with Gasteiger partial charge >= 0.3 is 6.03 Å². The van der Waals surface area contributed by atoms with Crippen molar-refractivity contribution in [1.82, 2.24) is 20.4 Å². The van der Waals surface area contributed by atoms with Crippen molar-refractivity contribution in [2.75, 3.05) is 38.5 Å². The van der Waals surface area contributed by atoms with Gasteiger partial charge in [-0.2, -0.15) is 4.91 Å². The molecule has 0 aliphatic carbocycles. The molecule has 0 unspecified atom stereocenters. The zero-order chi connectivity index (χ0) is 43.8. The van der Waals surface area contributed by atoms with Crippen LogP contribution in [0.15, 0.2) is 77.6 Å². The molecule has 342 valence electrons. The van der Waals surface area contributed by atoms with E-state index < -0.39 is 20.1 Å². The Bertz CT molecular complexity index is 2360. The van der Waals surface area contributed by atoms with Gasteiger partial charge in [0.15, 0.2) is 0 Å². The Balaban J connectivity index is 0.000000490. The number of primary amides is 1. The van der Waals surface area contributed by atoms with E-state index in [1.165, 1.54) is 38.4 Å². The number of ether oxygens (including phenoxy) is 3. The van der Waals surface area contributed by atoms with Crippen molar-refractivity contribution in [3.05, 3.63) is 121 Å². The Morgan fingerprint density at radius 3 is 1.57 bits per heavy atom. The van der Waals surface area contributed by atoms with Crippen molar-refractivity contribution in [2.45, 2.75) is 67.6 Å². The Kier molecular flexibility index (Phi) is 24.1. The maximum absolute atomic E-state index is 15.2. The molecule has 2 aromatic heterocycles. The maximum Gasteiger partial charge on any atom is 0.318 e. The highest BCUT2D eigenvalue weighted by Gasteiger charge is 2.20. The number of hydrogen-bond acceptors (Lipinski definition) is 13. The third-order valence-corrected chi connectivity index (χ3v) is 10.6. The number of rotatable bonds is 10. The van der Waals surface area contributed by atoms with Crippen LogP contribution in [0.2, 0.25) is 29.7 Å². The molecule has 0 atom stereocenters. The molecule has 0 spiro atoms. The minimum Gasteiger partial charge on any atom is -0.496 e. The highest BCUT2D eigenvalue weighted by Crippen LogP contribution is 2.38. The quantitative estimate of drug-likeness (QED) is 0.0880. The van der Waals surface area contributed by atoms with E-state index in [1.807, 2.05) is 19.6 Å². The number of carbonyl (C=O) groups excluding carboxylic acids is 1. The first-order chi connectivity index (χ1) is 28.6. The molecule has 0 saturated carbocycles. The lowest BCUT2D eigenvalue weighted by Crippen LogP contribution is -2.18. The summed E-state index contributed by atoms with van der Waals surface area (Å²) in [5, 5.41) is 20.6. The lowest BCUT2D eigenvalue weighted by molar-refractivity contribution is 0.198. The summed E-state index contributed by atoms with van der Waals surface area (Å²) in [6, 6.07) is 19.9. The average Bonchev–Trinajstić information content (AvgIpc) is 4.02. The molecule has 0 bridgehead atoms. The van der Waals surface area contributed by atoms with Gasteiger partial charge in [0.1, 0.15) is 33.1 Å². The van der Waals surface area contributed by atoms with E-state index in [1.54, 1.807) is 72.8 Å². The number of benzene rings is 4. The molecule has 1 fully saturated rings. The van der Waals surface area contributed by atoms with Crippen LogP contribution in [0.4, 0.5) is 23.8 Å². The molecule has 0 radical (unpaired) electrons. The third-order valence-electron chi connectivity index (χ3n) is 8.00. The number of nitrogen functional groups attached to an aromatic ring is 1. The molecule has 20 heteroatoms. The van der Waals surface area contributed by atoms with E-state index in [9.17, 15) is 9.70 Å². The molecule has 63 heavy (non-hydrogen) atoms. The molecule has 1 saturated heterocycles. The van der Waals surface area contributed by atoms with Crippen molar-refractivity contribution in [3.63, 3.8) is 0 Å². The fraction of sp³-hybridized carbons (Fsp3) is 0.326. The number of urea groups is 1. The van der Waals surface area contributed by atoms with E-state index in [4.69, 9.17) is 48.9 Å². The number of nitroso groups, excluding NO2 is 1. The minimum absolute atomic E-state index is 0. The van der Waals surface area contributed by atoms with Crippen LogP contribution in [-0.2, 0) is 17.6 Å². The first-order valence-electron chi connectivity index (χ1n) is 18.2. The number of amides is 2. The SMILES string of the molecule is C.C.C.C1CCOC1.COc1ccc(Cc2nnc(N)s2)c(F)c1-c1cccc(Cl)c1.COc1ccc(Cc2nnc(NC(N)=O)s2)c(F)c1-c1cccc(Cl)c1.C[Si](C)(C)N=O. The highest BCUT2D eigenvalue weighted by atomic mass is 35.5. The van der Waals surface area contributed by atoms with Crippen molar-refractivity contribution >= 4 is 70.4 Å². The Morgan fingerprint density at radius 2 is 1.22 bits per heavy atom. The average molecular weight is 966 g/mol. The summed E-state index contributed by atoms with van der Waals surface area (Å²) in [6.45, 7) is 7.71. The second kappa shape index (κ2) is 27.2. The number of nitrogens with zero attached hydrogens (tertiary/aromatic N) is 5. The van der Waals surface area contributed by atoms with E-state index in [2.05, 4.69) is 30.6 Å². The summed E-state index contributed by atoms with van der Waals surface area (Å²) in [4.78, 5) is 23.4. The number of hydrogen-bond donors (Lipinski definition) is 3. The fourth-order valence-corrected chi connectivity index (χ4v) is 7.08. The van der Waals surface area contributed by atoms with Gasteiger partial charge in [0, 0.05) is 36.1 Å². The van der Waals surface area contributed by atoms with Crippen molar-refractivity contribution in [2.24, 2.45) is 10.6 Å². The van der Waals surface area contributed by atoms with Gasteiger partial charge in [-0.3, -0.25) is 5.32 Å². The lowest BCUT2D eigenvalue weighted by atomic mass is 9.99. The summed E-state index contributed by atoms with van der Waals surface area (Å²) >= 11 is 14.4. The number of methoxy groups -OCH3 is 2. The standard InChI is InChI=1S/C17H14ClFN4O2S.C16H13ClFN3OS.C4H8O.C3H9NOSi.3CH4/c1-25-12-6-5-10(8-13-22-23-17(26-13)21-16(20)24)15(19)14(12)9-3-2-4-11(18)7-9;1-22-12-6-5-10(8-13-20-21-16(19)23-13)15(18)14(12)9-3-2-4-11(17)7-9;1-2-4-5-3-1;1-6(2,3)4-5;;;/h2-7H,8H2,1H3,(H3,20,21,23,24);2-7H,8H2,1H3,(H2,19,21);1-4H2;1-3H3;3*1H4. The monoisotopic (exact) mass is 964 g/mol. The Labute approximate surface area is 387 Å². The zero-order valence-electron chi connectivity index (χ0n) is 33.4. The van der Waals surface area contributed by atoms with Crippen LogP contribution in [0.1, 0.15) is 56.3 Å². The second-order valence-corrected chi connectivity index (χ2v) is 21.3. The molecule has 5 N–H and O–H groups in total. The number of carbonyl (C=O) groups is 1. The summed E-state index contributed by atoms with van der Waals surface area (Å²) < 4.78 is 45.8. The largest absolute Gasteiger partial charge is 0.496 e. The van der Waals surface area contributed by atoms with Crippen molar-refractivity contribution in [1.29, 1.82) is 0 Å². The molecular formula is C43H56Cl2F2N8O5S2Si. The van der Waals surface area contributed by atoms with Gasteiger partial charge in [0.25, 0.3) is 0 Å². The molecule has 1 aliphatic heterocycles. The summed E-state index contributed by atoms with van der Waals surface area (Å²) in [5.41, 5.74) is 13.5. The van der Waals surface area contributed by atoms with Gasteiger partial charge in [-0.25, -0.2) is 13.6 Å². The summed E-state index contributed by atoms with van der Waals surface area (Å²) in [5.74, 6) is 0.0683. The number of nitrogens with one attached hydrogen (secondary N) is 1. The molecule has 4 aromatic carbocycles. The Morgan fingerprint density at radius 1 is 0.778 bits per heavy atom. The summed E-state index contributed by atoms with van der Waals surface area (Å²) in [6.07, 6.45) is 3.08. The highest BCUT2D eigenvalue weighted by molar-refractivity contribution is 7.15. The van der Waals surface area contributed by atoms with E-state index >= 15 is 8.78 Å². The smallest absolute Gasteiger partial charge is 0.318 e. The molecule has 6 aromatic rings. The first-order valence-corrected chi connectivity index (χ1v) is 24.1. The molecule has 2 amide bonds. The van der Waals surface area contributed by atoms with Gasteiger partial charge < -0.3 is 25.7 Å². The van der Waals surface area contributed by atoms with Crippen molar-refractivity contribution in [3.8, 4) is 33.8 Å². The predicted molar refractivity (Wildman–Crippen MR) is 259 cm³/mol. The topological polar surface area (TPSA) is 190 Å². The van der Waals surface area contributed by atoms with Crippen LogP contribution in [0.3, 0.4) is 0 Å². The van der Waals surface area contributed by atoms with Gasteiger partial charge in [-0.1, -0.05) is 105 Å². The molecule has 1 aliphatic rings. The van der Waals surface area contributed by atoms with E-state index in [0.717, 1.165) is 24.6 Å².